The molecule has 0 aliphatic carbocycles. The fourth-order valence-corrected chi connectivity index (χ4v) is 4.24. The van der Waals surface area contributed by atoms with E-state index < -0.39 is 34.0 Å². The lowest BCUT2D eigenvalue weighted by Crippen LogP contribution is -2.26. The number of benzene rings is 3. The van der Waals surface area contributed by atoms with Crippen molar-refractivity contribution >= 4 is 27.6 Å². The Bertz CT molecular complexity index is 1360. The Kier molecular flexibility index (Phi) is 8.00. The van der Waals surface area contributed by atoms with E-state index >= 15 is 0 Å². The molecule has 3 aromatic rings. The topological polar surface area (TPSA) is 122 Å². The molecule has 0 saturated carbocycles. The summed E-state index contributed by atoms with van der Waals surface area (Å²) in [5, 5.41) is 11.8. The molecule has 190 valence electrons. The number of sulfonamides is 1. The van der Waals surface area contributed by atoms with Gasteiger partial charge in [0.2, 0.25) is 10.0 Å². The van der Waals surface area contributed by atoms with E-state index in [4.69, 9.17) is 0 Å². The predicted molar refractivity (Wildman–Crippen MR) is 125 cm³/mol. The van der Waals surface area contributed by atoms with Crippen LogP contribution >= 0.6 is 0 Å². The number of aryl methyl sites for hydroxylation is 1. The number of aromatic carboxylic acids is 1. The highest BCUT2D eigenvalue weighted by Crippen LogP contribution is 2.23. The lowest BCUT2D eigenvalue weighted by atomic mass is 10.1. The van der Waals surface area contributed by atoms with Crippen LogP contribution in [0.3, 0.4) is 0 Å². The summed E-state index contributed by atoms with van der Waals surface area (Å²) in [6, 6.07) is 14.9. The Labute approximate surface area is 204 Å². The minimum Gasteiger partial charge on any atom is -0.478 e. The quantitative estimate of drug-likeness (QED) is 0.384. The second-order valence-electron chi connectivity index (χ2n) is 7.65. The smallest absolute Gasteiger partial charge is 0.478 e. The molecule has 0 fully saturated rings. The van der Waals surface area contributed by atoms with Crippen LogP contribution in [0.15, 0.2) is 71.6 Å². The highest BCUT2D eigenvalue weighted by Gasteiger charge is 2.31. The van der Waals surface area contributed by atoms with Gasteiger partial charge in [-0.25, -0.2) is 17.9 Å². The number of hydrogen-bond acceptors (Lipinski definition) is 5. The lowest BCUT2D eigenvalue weighted by molar-refractivity contribution is -0.274. The van der Waals surface area contributed by atoms with Crippen molar-refractivity contribution in [2.75, 3.05) is 11.9 Å². The first kappa shape index (κ1) is 26.7. The average Bonchev–Trinajstić information content (AvgIpc) is 2.79. The van der Waals surface area contributed by atoms with Gasteiger partial charge in [0.25, 0.3) is 5.91 Å². The Hall–Kier alpha value is -3.90. The SMILES string of the molecule is Cc1ccc(S(=O)(=O)NCCc2ccc(NC(=O)c3ccc(OC(F)(F)F)cc3)cc2)cc1C(=O)O. The Morgan fingerprint density at radius 1 is 0.972 bits per heavy atom. The number of anilines is 1. The summed E-state index contributed by atoms with van der Waals surface area (Å²) >= 11 is 0. The second-order valence-corrected chi connectivity index (χ2v) is 9.42. The minimum atomic E-state index is -4.82. The lowest BCUT2D eigenvalue weighted by Gasteiger charge is -2.10. The van der Waals surface area contributed by atoms with Crippen molar-refractivity contribution in [2.24, 2.45) is 0 Å². The van der Waals surface area contributed by atoms with Gasteiger partial charge in [-0.3, -0.25) is 4.79 Å². The predicted octanol–water partition coefficient (Wildman–Crippen LogP) is 4.37. The van der Waals surface area contributed by atoms with E-state index in [2.05, 4.69) is 14.8 Å². The number of halogens is 3. The first-order valence-corrected chi connectivity index (χ1v) is 11.9. The summed E-state index contributed by atoms with van der Waals surface area (Å²) in [7, 11) is -3.91. The molecule has 12 heteroatoms. The number of carbonyl (C=O) groups excluding carboxylic acids is 1. The summed E-state index contributed by atoms with van der Waals surface area (Å²) in [4.78, 5) is 23.4. The first-order valence-electron chi connectivity index (χ1n) is 10.4. The van der Waals surface area contributed by atoms with Gasteiger partial charge >= 0.3 is 12.3 Å². The van der Waals surface area contributed by atoms with E-state index in [9.17, 15) is 36.3 Å². The zero-order valence-electron chi connectivity index (χ0n) is 18.8. The molecule has 1 amide bonds. The first-order chi connectivity index (χ1) is 16.8. The second kappa shape index (κ2) is 10.8. The highest BCUT2D eigenvalue weighted by molar-refractivity contribution is 7.89. The molecule has 3 rings (SSSR count). The molecular weight excluding hydrogens is 501 g/mol. The molecule has 0 atom stereocenters. The van der Waals surface area contributed by atoms with Crippen molar-refractivity contribution in [3.63, 3.8) is 0 Å². The monoisotopic (exact) mass is 522 g/mol. The molecule has 8 nitrogen and oxygen atoms in total. The fourth-order valence-electron chi connectivity index (χ4n) is 3.18. The fraction of sp³-hybridized carbons (Fsp3) is 0.167. The van der Waals surface area contributed by atoms with E-state index in [1.165, 1.54) is 24.3 Å². The highest BCUT2D eigenvalue weighted by atomic mass is 32.2. The van der Waals surface area contributed by atoms with Crippen LogP contribution in [0.2, 0.25) is 0 Å². The van der Waals surface area contributed by atoms with Crippen LogP contribution in [-0.2, 0) is 16.4 Å². The third-order valence-corrected chi connectivity index (χ3v) is 6.48. The van der Waals surface area contributed by atoms with Crippen molar-refractivity contribution in [1.29, 1.82) is 0 Å². The Morgan fingerprint density at radius 3 is 2.19 bits per heavy atom. The maximum atomic E-state index is 12.5. The maximum Gasteiger partial charge on any atom is 0.573 e. The van der Waals surface area contributed by atoms with Crippen molar-refractivity contribution in [2.45, 2.75) is 24.6 Å². The average molecular weight is 523 g/mol. The molecular formula is C24H21F3N2O6S. The number of ether oxygens (including phenoxy) is 1. The number of amides is 1. The molecule has 0 radical (unpaired) electrons. The third-order valence-electron chi connectivity index (χ3n) is 5.02. The number of rotatable bonds is 9. The van der Waals surface area contributed by atoms with Gasteiger partial charge < -0.3 is 15.2 Å². The van der Waals surface area contributed by atoms with E-state index in [1.807, 2.05) is 0 Å². The van der Waals surface area contributed by atoms with Gasteiger partial charge in [-0.1, -0.05) is 18.2 Å². The number of alkyl halides is 3. The third kappa shape index (κ3) is 7.30. The van der Waals surface area contributed by atoms with Gasteiger partial charge in [-0.15, -0.1) is 13.2 Å². The normalized spacial score (nSPS) is 11.7. The molecule has 3 N–H and O–H groups in total. The summed E-state index contributed by atoms with van der Waals surface area (Å²) in [6.07, 6.45) is -4.50. The van der Waals surface area contributed by atoms with Gasteiger partial charge in [-0.2, -0.15) is 0 Å². The largest absolute Gasteiger partial charge is 0.573 e. The number of carboxylic acid groups (broad SMARTS) is 1. The van der Waals surface area contributed by atoms with Crippen LogP contribution in [0.25, 0.3) is 0 Å². The summed E-state index contributed by atoms with van der Waals surface area (Å²) < 4.78 is 67.9. The molecule has 0 bridgehead atoms. The van der Waals surface area contributed by atoms with Crippen molar-refractivity contribution < 1.29 is 41.0 Å². The van der Waals surface area contributed by atoms with Crippen LogP contribution in [0, 0.1) is 6.92 Å². The van der Waals surface area contributed by atoms with Gasteiger partial charge in [-0.05, 0) is 73.0 Å². The molecule has 36 heavy (non-hydrogen) atoms. The summed E-state index contributed by atoms with van der Waals surface area (Å²) in [6.45, 7) is 1.62. The van der Waals surface area contributed by atoms with Crippen LogP contribution in [0.5, 0.6) is 5.75 Å². The number of hydrogen-bond donors (Lipinski definition) is 3. The molecule has 0 aromatic heterocycles. The number of nitrogens with one attached hydrogen (secondary N) is 2. The molecule has 0 spiro atoms. The number of carbonyl (C=O) groups is 2. The van der Waals surface area contributed by atoms with Crippen molar-refractivity contribution in [3.8, 4) is 5.75 Å². The summed E-state index contributed by atoms with van der Waals surface area (Å²) in [5.41, 5.74) is 1.67. The van der Waals surface area contributed by atoms with Crippen LogP contribution in [0.4, 0.5) is 18.9 Å². The van der Waals surface area contributed by atoms with Gasteiger partial charge in [0.1, 0.15) is 5.75 Å². The molecule has 0 saturated heterocycles. The van der Waals surface area contributed by atoms with Crippen LogP contribution < -0.4 is 14.8 Å². The standard InChI is InChI=1S/C24H21F3N2O6S/c1-15-2-11-20(14-21(15)23(31)32)36(33,34)28-13-12-16-3-7-18(8-4-16)29-22(30)17-5-9-19(10-6-17)35-24(25,26)27/h2-11,14,28H,12-13H2,1H3,(H,29,30)(H,31,32). The van der Waals surface area contributed by atoms with Crippen LogP contribution in [0.1, 0.15) is 31.8 Å². The van der Waals surface area contributed by atoms with Gasteiger partial charge in [0, 0.05) is 17.8 Å². The minimum absolute atomic E-state index is 0.0522. The van der Waals surface area contributed by atoms with E-state index in [0.717, 1.165) is 23.8 Å². The molecule has 0 unspecified atom stereocenters. The van der Waals surface area contributed by atoms with E-state index in [0.29, 0.717) is 17.7 Å². The van der Waals surface area contributed by atoms with Crippen molar-refractivity contribution in [1.82, 2.24) is 4.72 Å². The van der Waals surface area contributed by atoms with E-state index in [1.54, 1.807) is 31.2 Å². The summed E-state index contributed by atoms with van der Waals surface area (Å²) in [5.74, 6) is -2.19. The molecule has 3 aromatic carbocycles. The van der Waals surface area contributed by atoms with Gasteiger partial charge in [0.05, 0.1) is 10.5 Å². The molecule has 0 aliphatic heterocycles. The Morgan fingerprint density at radius 2 is 1.61 bits per heavy atom. The maximum absolute atomic E-state index is 12.5. The van der Waals surface area contributed by atoms with Crippen molar-refractivity contribution in [3.05, 3.63) is 89.0 Å². The zero-order chi connectivity index (χ0) is 26.5. The molecule has 0 aliphatic rings. The molecule has 0 heterocycles. The Balaban J connectivity index is 1.54. The zero-order valence-corrected chi connectivity index (χ0v) is 19.6. The number of carboxylic acids is 1. The van der Waals surface area contributed by atoms with Gasteiger partial charge in [0.15, 0.2) is 0 Å². The van der Waals surface area contributed by atoms with E-state index in [-0.39, 0.29) is 22.6 Å². The van der Waals surface area contributed by atoms with Crippen LogP contribution in [-0.4, -0.2) is 38.3 Å².